The van der Waals surface area contributed by atoms with Crippen molar-refractivity contribution >= 4 is 29.7 Å². The van der Waals surface area contributed by atoms with Crippen LogP contribution in [0.2, 0.25) is 0 Å². The normalized spacial score (nSPS) is 8.45. The highest BCUT2D eigenvalue weighted by Gasteiger charge is 1.84. The maximum absolute atomic E-state index is 5.49. The van der Waals surface area contributed by atoms with Crippen LogP contribution in [0.4, 0.5) is 5.69 Å². The van der Waals surface area contributed by atoms with Gasteiger partial charge in [0.25, 0.3) is 0 Å². The number of hydrogen-bond acceptors (Lipinski definition) is 1. The van der Waals surface area contributed by atoms with Crippen molar-refractivity contribution in [3.8, 4) is 0 Å². The molecular formula is C8H11Cl2N. The van der Waals surface area contributed by atoms with Crippen LogP contribution in [0.1, 0.15) is 0 Å². The van der Waals surface area contributed by atoms with Gasteiger partial charge in [0.2, 0.25) is 0 Å². The molecule has 0 amide bonds. The minimum atomic E-state index is 0. The van der Waals surface area contributed by atoms with E-state index in [9.17, 15) is 0 Å². The van der Waals surface area contributed by atoms with Crippen LogP contribution in [0.15, 0.2) is 30.3 Å². The van der Waals surface area contributed by atoms with Gasteiger partial charge in [0.05, 0.1) is 0 Å². The lowest BCUT2D eigenvalue weighted by Crippen LogP contribution is -2.01. The summed E-state index contributed by atoms with van der Waals surface area (Å²) in [6, 6.07) is 10.0. The van der Waals surface area contributed by atoms with Crippen LogP contribution in [-0.4, -0.2) is 12.4 Å². The molecule has 0 radical (unpaired) electrons. The van der Waals surface area contributed by atoms with Gasteiger partial charge in [-0.2, -0.15) is 0 Å². The zero-order valence-electron chi connectivity index (χ0n) is 6.09. The van der Waals surface area contributed by atoms with Crippen molar-refractivity contribution in [2.75, 3.05) is 17.7 Å². The van der Waals surface area contributed by atoms with Gasteiger partial charge < -0.3 is 5.32 Å². The predicted molar refractivity (Wildman–Crippen MR) is 52.9 cm³/mol. The molecule has 1 N–H and O–H groups in total. The first-order chi connectivity index (χ1) is 4.93. The largest absolute Gasteiger partial charge is 0.384 e. The molecule has 0 aliphatic rings. The molecule has 0 spiro atoms. The Labute approximate surface area is 78.2 Å². The maximum atomic E-state index is 5.49. The Hall–Kier alpha value is -0.400. The monoisotopic (exact) mass is 191 g/mol. The van der Waals surface area contributed by atoms with Crippen molar-refractivity contribution < 1.29 is 0 Å². The minimum Gasteiger partial charge on any atom is -0.384 e. The summed E-state index contributed by atoms with van der Waals surface area (Å²) in [6.07, 6.45) is 0. The first-order valence-corrected chi connectivity index (χ1v) is 3.82. The molecule has 1 aromatic rings. The first kappa shape index (κ1) is 10.6. The van der Waals surface area contributed by atoms with Crippen molar-refractivity contribution in [3.63, 3.8) is 0 Å². The van der Waals surface area contributed by atoms with E-state index in [2.05, 4.69) is 5.32 Å². The first-order valence-electron chi connectivity index (χ1n) is 3.28. The number of halogens is 2. The van der Waals surface area contributed by atoms with E-state index in [0.29, 0.717) is 5.88 Å². The van der Waals surface area contributed by atoms with Crippen LogP contribution in [0.5, 0.6) is 0 Å². The van der Waals surface area contributed by atoms with Gasteiger partial charge in [-0.1, -0.05) is 18.2 Å². The van der Waals surface area contributed by atoms with E-state index in [-0.39, 0.29) is 12.4 Å². The van der Waals surface area contributed by atoms with Crippen molar-refractivity contribution in [2.45, 2.75) is 0 Å². The van der Waals surface area contributed by atoms with Crippen LogP contribution in [0.25, 0.3) is 0 Å². The number of para-hydroxylation sites is 1. The molecule has 0 aliphatic carbocycles. The molecule has 0 bridgehead atoms. The number of rotatable bonds is 3. The molecular weight excluding hydrogens is 181 g/mol. The average Bonchev–Trinajstić information content (AvgIpc) is 2.03. The SMILES string of the molecule is Cl.ClCCNc1ccccc1. The Morgan fingerprint density at radius 1 is 1.18 bits per heavy atom. The van der Waals surface area contributed by atoms with Gasteiger partial charge in [0.1, 0.15) is 0 Å². The second-order valence-electron chi connectivity index (χ2n) is 1.98. The van der Waals surface area contributed by atoms with Gasteiger partial charge in [0, 0.05) is 18.1 Å². The topological polar surface area (TPSA) is 12.0 Å². The Kier molecular flexibility index (Phi) is 6.09. The van der Waals surface area contributed by atoms with Gasteiger partial charge in [-0.3, -0.25) is 0 Å². The molecule has 11 heavy (non-hydrogen) atoms. The van der Waals surface area contributed by atoms with E-state index in [0.717, 1.165) is 12.2 Å². The summed E-state index contributed by atoms with van der Waals surface area (Å²) in [5, 5.41) is 3.16. The van der Waals surface area contributed by atoms with Crippen LogP contribution in [0.3, 0.4) is 0 Å². The van der Waals surface area contributed by atoms with Crippen LogP contribution >= 0.6 is 24.0 Å². The molecule has 0 atom stereocenters. The predicted octanol–water partition coefficient (Wildman–Crippen LogP) is 2.76. The molecule has 0 heterocycles. The number of benzene rings is 1. The molecule has 62 valence electrons. The highest BCUT2D eigenvalue weighted by molar-refractivity contribution is 6.18. The van der Waals surface area contributed by atoms with Crippen molar-refractivity contribution in [1.29, 1.82) is 0 Å². The van der Waals surface area contributed by atoms with E-state index in [4.69, 9.17) is 11.6 Å². The fraction of sp³-hybridized carbons (Fsp3) is 0.250. The second kappa shape index (κ2) is 6.32. The van der Waals surface area contributed by atoms with E-state index >= 15 is 0 Å². The van der Waals surface area contributed by atoms with Crippen molar-refractivity contribution in [1.82, 2.24) is 0 Å². The Balaban J connectivity index is 0.000001000. The third-order valence-corrected chi connectivity index (χ3v) is 1.39. The zero-order chi connectivity index (χ0) is 7.23. The summed E-state index contributed by atoms with van der Waals surface area (Å²) in [6.45, 7) is 0.825. The number of nitrogens with one attached hydrogen (secondary N) is 1. The lowest BCUT2D eigenvalue weighted by Gasteiger charge is -2.01. The molecule has 0 fully saturated rings. The van der Waals surface area contributed by atoms with E-state index < -0.39 is 0 Å². The summed E-state index contributed by atoms with van der Waals surface area (Å²) in [5.74, 6) is 0.648. The quantitative estimate of drug-likeness (QED) is 0.726. The average molecular weight is 192 g/mol. The van der Waals surface area contributed by atoms with E-state index in [1.165, 1.54) is 0 Å². The minimum absolute atomic E-state index is 0. The molecule has 0 saturated carbocycles. The molecule has 1 aromatic carbocycles. The van der Waals surface area contributed by atoms with Crippen LogP contribution in [-0.2, 0) is 0 Å². The Morgan fingerprint density at radius 2 is 1.82 bits per heavy atom. The summed E-state index contributed by atoms with van der Waals surface area (Å²) in [7, 11) is 0. The van der Waals surface area contributed by atoms with E-state index in [1.54, 1.807) is 0 Å². The smallest absolute Gasteiger partial charge is 0.0396 e. The summed E-state index contributed by atoms with van der Waals surface area (Å²) >= 11 is 5.49. The Morgan fingerprint density at radius 3 is 2.36 bits per heavy atom. The fourth-order valence-corrected chi connectivity index (χ4v) is 0.842. The lowest BCUT2D eigenvalue weighted by molar-refractivity contribution is 1.22. The van der Waals surface area contributed by atoms with Crippen molar-refractivity contribution in [3.05, 3.63) is 30.3 Å². The third-order valence-electron chi connectivity index (χ3n) is 1.20. The standard InChI is InChI=1S/C8H10ClN.ClH/c9-6-7-10-8-4-2-1-3-5-8;/h1-5,10H,6-7H2;1H. The molecule has 0 aromatic heterocycles. The molecule has 3 heteroatoms. The number of hydrogen-bond donors (Lipinski definition) is 1. The third kappa shape index (κ3) is 4.12. The highest BCUT2D eigenvalue weighted by Crippen LogP contribution is 2.03. The molecule has 0 aliphatic heterocycles. The molecule has 0 unspecified atom stereocenters. The molecule has 1 rings (SSSR count). The van der Waals surface area contributed by atoms with Gasteiger partial charge in [-0.25, -0.2) is 0 Å². The number of anilines is 1. The summed E-state index contributed by atoms with van der Waals surface area (Å²) in [5.41, 5.74) is 1.13. The van der Waals surface area contributed by atoms with Gasteiger partial charge in [-0.05, 0) is 12.1 Å². The lowest BCUT2D eigenvalue weighted by atomic mass is 10.3. The fourth-order valence-electron chi connectivity index (χ4n) is 0.748. The Bertz CT molecular complexity index is 177. The maximum Gasteiger partial charge on any atom is 0.0396 e. The molecule has 1 nitrogen and oxygen atoms in total. The van der Waals surface area contributed by atoms with E-state index in [1.807, 2.05) is 30.3 Å². The number of alkyl halides is 1. The van der Waals surface area contributed by atoms with Gasteiger partial charge >= 0.3 is 0 Å². The second-order valence-corrected chi connectivity index (χ2v) is 2.36. The van der Waals surface area contributed by atoms with Gasteiger partial charge in [-0.15, -0.1) is 24.0 Å². The van der Waals surface area contributed by atoms with Crippen LogP contribution in [0, 0.1) is 0 Å². The van der Waals surface area contributed by atoms with Crippen LogP contribution < -0.4 is 5.32 Å². The van der Waals surface area contributed by atoms with Gasteiger partial charge in [0.15, 0.2) is 0 Å². The zero-order valence-corrected chi connectivity index (χ0v) is 7.66. The molecule has 0 saturated heterocycles. The highest BCUT2D eigenvalue weighted by atomic mass is 35.5. The summed E-state index contributed by atoms with van der Waals surface area (Å²) < 4.78 is 0. The van der Waals surface area contributed by atoms with Crippen molar-refractivity contribution in [2.24, 2.45) is 0 Å². The summed E-state index contributed by atoms with van der Waals surface area (Å²) in [4.78, 5) is 0.